The monoisotopic (exact) mass is 415 g/mol. The van der Waals surface area contributed by atoms with Gasteiger partial charge in [-0.25, -0.2) is 4.39 Å². The third-order valence-corrected chi connectivity index (χ3v) is 5.59. The number of rotatable bonds is 9. The fourth-order valence-electron chi connectivity index (χ4n) is 3.64. The molecule has 6 nitrogen and oxygen atoms in total. The summed E-state index contributed by atoms with van der Waals surface area (Å²) in [5, 5.41) is 6.72. The maximum atomic E-state index is 13.6. The zero-order valence-corrected chi connectivity index (χ0v) is 18.0. The average Bonchev–Trinajstić information content (AvgIpc) is 3.57. The Morgan fingerprint density at radius 1 is 1.03 bits per heavy atom. The molecule has 0 amide bonds. The topological polar surface area (TPSA) is 64.1 Å². The Labute approximate surface area is 177 Å². The van der Waals surface area contributed by atoms with Crippen LogP contribution in [0.3, 0.4) is 0 Å². The van der Waals surface area contributed by atoms with Crippen LogP contribution >= 0.6 is 0 Å². The van der Waals surface area contributed by atoms with Crippen molar-refractivity contribution in [1.29, 1.82) is 0 Å². The van der Waals surface area contributed by atoms with Crippen LogP contribution in [0.2, 0.25) is 0 Å². The standard InChI is InChI=1S/C23H30FN3O3/c1-25-22(27-15-23(9-10-23)16-6-5-7-17(24)12-16)26-11-8-19-20(29-3)13-18(28-2)14-21(19)30-4/h5-7,12-14H,8-11,15H2,1-4H3,(H2,25,26,27). The molecule has 0 unspecified atom stereocenters. The molecule has 3 rings (SSSR count). The maximum Gasteiger partial charge on any atom is 0.191 e. The number of aliphatic imine (C=N–C) groups is 1. The van der Waals surface area contributed by atoms with Crippen molar-refractivity contribution in [2.75, 3.05) is 41.5 Å². The lowest BCUT2D eigenvalue weighted by molar-refractivity contribution is 0.368. The van der Waals surface area contributed by atoms with Gasteiger partial charge in [-0.1, -0.05) is 12.1 Å². The molecule has 30 heavy (non-hydrogen) atoms. The zero-order valence-electron chi connectivity index (χ0n) is 18.0. The molecule has 0 aromatic heterocycles. The predicted octanol–water partition coefficient (Wildman–Crippen LogP) is 3.29. The van der Waals surface area contributed by atoms with E-state index in [2.05, 4.69) is 15.6 Å². The van der Waals surface area contributed by atoms with Crippen LogP contribution in [0.1, 0.15) is 24.0 Å². The first kappa shape index (κ1) is 21.7. The molecule has 2 N–H and O–H groups in total. The second kappa shape index (κ2) is 9.69. The summed E-state index contributed by atoms with van der Waals surface area (Å²) in [6, 6.07) is 10.6. The molecule has 2 aromatic rings. The number of hydrogen-bond acceptors (Lipinski definition) is 4. The third kappa shape index (κ3) is 4.96. The summed E-state index contributed by atoms with van der Waals surface area (Å²) in [6.07, 6.45) is 2.77. The lowest BCUT2D eigenvalue weighted by Gasteiger charge is -2.20. The van der Waals surface area contributed by atoms with Gasteiger partial charge in [-0.15, -0.1) is 0 Å². The minimum Gasteiger partial charge on any atom is -0.496 e. The highest BCUT2D eigenvalue weighted by Crippen LogP contribution is 2.47. The Morgan fingerprint density at radius 2 is 1.73 bits per heavy atom. The second-order valence-electron chi connectivity index (χ2n) is 7.40. The zero-order chi connectivity index (χ0) is 21.6. The summed E-state index contributed by atoms with van der Waals surface area (Å²) >= 11 is 0. The van der Waals surface area contributed by atoms with Crippen LogP contribution in [-0.4, -0.2) is 47.4 Å². The van der Waals surface area contributed by atoms with Crippen molar-refractivity contribution in [3.63, 3.8) is 0 Å². The van der Waals surface area contributed by atoms with E-state index in [1.807, 2.05) is 18.2 Å². The SMILES string of the molecule is CN=C(NCCc1c(OC)cc(OC)cc1OC)NCC1(c2cccc(F)c2)CC1. The minimum atomic E-state index is -0.191. The molecule has 1 aliphatic rings. The third-order valence-electron chi connectivity index (χ3n) is 5.59. The number of ether oxygens (including phenoxy) is 3. The molecule has 2 aromatic carbocycles. The van der Waals surface area contributed by atoms with E-state index >= 15 is 0 Å². The van der Waals surface area contributed by atoms with Crippen molar-refractivity contribution >= 4 is 5.96 Å². The quantitative estimate of drug-likeness (QED) is 0.486. The summed E-state index contributed by atoms with van der Waals surface area (Å²) in [5.74, 6) is 2.65. The summed E-state index contributed by atoms with van der Waals surface area (Å²) in [5.41, 5.74) is 1.99. The number of benzene rings is 2. The molecule has 1 fully saturated rings. The second-order valence-corrected chi connectivity index (χ2v) is 7.40. The van der Waals surface area contributed by atoms with Gasteiger partial charge in [-0.05, 0) is 37.0 Å². The highest BCUT2D eigenvalue weighted by Gasteiger charge is 2.44. The summed E-state index contributed by atoms with van der Waals surface area (Å²) < 4.78 is 29.9. The van der Waals surface area contributed by atoms with Gasteiger partial charge >= 0.3 is 0 Å². The smallest absolute Gasteiger partial charge is 0.191 e. The van der Waals surface area contributed by atoms with E-state index in [0.717, 1.165) is 35.5 Å². The fourth-order valence-corrected chi connectivity index (χ4v) is 3.64. The summed E-state index contributed by atoms with van der Waals surface area (Å²) in [4.78, 5) is 4.31. The van der Waals surface area contributed by atoms with Gasteiger partial charge in [0, 0.05) is 43.2 Å². The van der Waals surface area contributed by atoms with E-state index in [-0.39, 0.29) is 11.2 Å². The minimum absolute atomic E-state index is 0.0118. The van der Waals surface area contributed by atoms with E-state index < -0.39 is 0 Å². The highest BCUT2D eigenvalue weighted by atomic mass is 19.1. The van der Waals surface area contributed by atoms with Gasteiger partial charge in [0.05, 0.1) is 21.3 Å². The lowest BCUT2D eigenvalue weighted by atomic mass is 9.96. The van der Waals surface area contributed by atoms with Crippen LogP contribution in [0.5, 0.6) is 17.2 Å². The van der Waals surface area contributed by atoms with Gasteiger partial charge in [0.25, 0.3) is 0 Å². The molecular formula is C23H30FN3O3. The largest absolute Gasteiger partial charge is 0.496 e. The van der Waals surface area contributed by atoms with E-state index in [1.54, 1.807) is 40.5 Å². The molecular weight excluding hydrogens is 385 g/mol. The average molecular weight is 416 g/mol. The van der Waals surface area contributed by atoms with Gasteiger partial charge in [0.2, 0.25) is 0 Å². The Hall–Kier alpha value is -2.96. The summed E-state index contributed by atoms with van der Waals surface area (Å²) in [7, 11) is 6.62. The van der Waals surface area contributed by atoms with Gasteiger partial charge in [0.1, 0.15) is 23.1 Å². The fraction of sp³-hybridized carbons (Fsp3) is 0.435. The van der Waals surface area contributed by atoms with Crippen LogP contribution in [0.25, 0.3) is 0 Å². The van der Waals surface area contributed by atoms with Gasteiger partial charge < -0.3 is 24.8 Å². The molecule has 0 spiro atoms. The van der Waals surface area contributed by atoms with Crippen LogP contribution in [0, 0.1) is 5.82 Å². The van der Waals surface area contributed by atoms with Crippen LogP contribution in [0.15, 0.2) is 41.4 Å². The van der Waals surface area contributed by atoms with Crippen LogP contribution < -0.4 is 24.8 Å². The molecule has 162 valence electrons. The van der Waals surface area contributed by atoms with Gasteiger partial charge in [-0.2, -0.15) is 0 Å². The normalized spacial score (nSPS) is 14.8. The Bertz CT molecular complexity index is 872. The lowest BCUT2D eigenvalue weighted by Crippen LogP contribution is -2.42. The van der Waals surface area contributed by atoms with E-state index in [0.29, 0.717) is 31.2 Å². The number of nitrogens with one attached hydrogen (secondary N) is 2. The first-order chi connectivity index (χ1) is 14.5. The molecule has 0 radical (unpaired) electrons. The molecule has 0 aliphatic heterocycles. The van der Waals surface area contributed by atoms with E-state index in [1.165, 1.54) is 6.07 Å². The van der Waals surface area contributed by atoms with Crippen molar-refractivity contribution < 1.29 is 18.6 Å². The molecule has 0 bridgehead atoms. The Balaban J connectivity index is 1.58. The molecule has 0 heterocycles. The van der Waals surface area contributed by atoms with Crippen molar-refractivity contribution in [3.05, 3.63) is 53.3 Å². The van der Waals surface area contributed by atoms with Gasteiger partial charge in [-0.3, -0.25) is 4.99 Å². The number of halogens is 1. The van der Waals surface area contributed by atoms with E-state index in [9.17, 15) is 4.39 Å². The number of guanidine groups is 1. The van der Waals surface area contributed by atoms with Crippen molar-refractivity contribution in [1.82, 2.24) is 10.6 Å². The number of methoxy groups -OCH3 is 3. The molecule has 0 atom stereocenters. The molecule has 1 aliphatic carbocycles. The first-order valence-corrected chi connectivity index (χ1v) is 10.0. The highest BCUT2D eigenvalue weighted by molar-refractivity contribution is 5.79. The summed E-state index contributed by atoms with van der Waals surface area (Å²) in [6.45, 7) is 1.36. The van der Waals surface area contributed by atoms with Crippen LogP contribution in [0.4, 0.5) is 4.39 Å². The van der Waals surface area contributed by atoms with Crippen LogP contribution in [-0.2, 0) is 11.8 Å². The first-order valence-electron chi connectivity index (χ1n) is 10.0. The van der Waals surface area contributed by atoms with Gasteiger partial charge in [0.15, 0.2) is 5.96 Å². The molecule has 1 saturated carbocycles. The van der Waals surface area contributed by atoms with Crippen molar-refractivity contribution in [2.45, 2.75) is 24.7 Å². The van der Waals surface area contributed by atoms with Crippen molar-refractivity contribution in [3.8, 4) is 17.2 Å². The number of hydrogen-bond donors (Lipinski definition) is 2. The molecule has 7 heteroatoms. The maximum absolute atomic E-state index is 13.6. The Kier molecular flexibility index (Phi) is 7.03. The van der Waals surface area contributed by atoms with Crippen molar-refractivity contribution in [2.24, 2.45) is 4.99 Å². The Morgan fingerprint density at radius 3 is 2.27 bits per heavy atom. The predicted molar refractivity (Wildman–Crippen MR) is 116 cm³/mol. The van der Waals surface area contributed by atoms with E-state index in [4.69, 9.17) is 14.2 Å². The number of nitrogens with zero attached hydrogens (tertiary/aromatic N) is 1. The molecule has 0 saturated heterocycles.